The number of carbonyl (C=O) groups is 1. The van der Waals surface area contributed by atoms with E-state index in [0.29, 0.717) is 13.0 Å². The lowest BCUT2D eigenvalue weighted by Crippen LogP contribution is -2.61. The van der Waals surface area contributed by atoms with Crippen LogP contribution in [0.4, 0.5) is 0 Å². The van der Waals surface area contributed by atoms with E-state index in [1.54, 1.807) is 0 Å². The molecule has 0 aromatic carbocycles. The van der Waals surface area contributed by atoms with Crippen molar-refractivity contribution in [3.63, 3.8) is 0 Å². The highest BCUT2D eigenvalue weighted by atomic mass is 16.7. The molecule has 11 atom stereocenters. The molecule has 0 radical (unpaired) electrons. The number of aliphatic hydroxyl groups excluding tert-OH is 7. The Kier molecular flexibility index (Phi) is 40.8. The number of unbranched alkanes of at least 4 members (excludes halogenated alkanes) is 31. The van der Waals surface area contributed by atoms with Crippen LogP contribution in [0.3, 0.4) is 0 Å². The van der Waals surface area contributed by atoms with E-state index in [0.717, 1.165) is 38.5 Å². The molecule has 0 aromatic rings. The normalized spacial score (nSPS) is 25.5. The first-order valence-electron chi connectivity index (χ1n) is 28.8. The maximum Gasteiger partial charge on any atom is 0.306 e. The molecule has 0 spiro atoms. The number of aliphatic hydroxyl groups is 7. The number of hydrogen-bond acceptors (Lipinski definition) is 14. The molecule has 14 nitrogen and oxygen atoms in total. The molecule has 2 fully saturated rings. The smallest absolute Gasteiger partial charge is 0.306 e. The lowest BCUT2D eigenvalue weighted by molar-refractivity contribution is -0.332. The molecule has 0 amide bonds. The van der Waals surface area contributed by atoms with Crippen LogP contribution in [-0.2, 0) is 33.2 Å². The maximum atomic E-state index is 13.0. The van der Waals surface area contributed by atoms with Crippen LogP contribution in [0.2, 0.25) is 0 Å². The Hall–Kier alpha value is -1.27. The molecular weight excluding hydrogens is 897 g/mol. The van der Waals surface area contributed by atoms with Gasteiger partial charge in [-0.05, 0) is 38.5 Å². The zero-order chi connectivity index (χ0) is 50.9. The zero-order valence-corrected chi connectivity index (χ0v) is 44.3. The van der Waals surface area contributed by atoms with Gasteiger partial charge in [0.15, 0.2) is 12.6 Å². The van der Waals surface area contributed by atoms with E-state index in [9.17, 15) is 40.5 Å². The Morgan fingerprint density at radius 3 is 1.30 bits per heavy atom. The summed E-state index contributed by atoms with van der Waals surface area (Å²) in [5.74, 6) is -0.374. The maximum absolute atomic E-state index is 13.0. The molecule has 14 heteroatoms. The van der Waals surface area contributed by atoms with Gasteiger partial charge in [0.1, 0.15) is 54.9 Å². The molecule has 2 aliphatic heterocycles. The molecule has 0 aliphatic carbocycles. The van der Waals surface area contributed by atoms with Crippen molar-refractivity contribution in [1.29, 1.82) is 0 Å². The highest BCUT2D eigenvalue weighted by molar-refractivity contribution is 5.69. The van der Waals surface area contributed by atoms with Crippen LogP contribution in [0.15, 0.2) is 12.2 Å². The Balaban J connectivity index is 1.64. The van der Waals surface area contributed by atoms with E-state index in [-0.39, 0.29) is 25.6 Å². The molecule has 11 unspecified atom stereocenters. The summed E-state index contributed by atoms with van der Waals surface area (Å²) in [5, 5.41) is 72.2. The van der Waals surface area contributed by atoms with Crippen molar-refractivity contribution in [3.8, 4) is 0 Å². The van der Waals surface area contributed by atoms with Gasteiger partial charge in [0.05, 0.1) is 26.4 Å². The summed E-state index contributed by atoms with van der Waals surface area (Å²) in [4.78, 5) is 13.0. The molecule has 0 aromatic heterocycles. The van der Waals surface area contributed by atoms with Crippen molar-refractivity contribution < 1.29 is 69.0 Å². The first-order valence-corrected chi connectivity index (χ1v) is 28.8. The van der Waals surface area contributed by atoms with Gasteiger partial charge in [-0.2, -0.15) is 0 Å². The quantitative estimate of drug-likeness (QED) is 0.0172. The summed E-state index contributed by atoms with van der Waals surface area (Å²) in [6, 6.07) is 0. The highest BCUT2D eigenvalue weighted by Gasteiger charge is 2.47. The van der Waals surface area contributed by atoms with Gasteiger partial charge in [-0.25, -0.2) is 0 Å². The highest BCUT2D eigenvalue weighted by Crippen LogP contribution is 2.27. The van der Waals surface area contributed by atoms with Crippen LogP contribution in [0.1, 0.15) is 239 Å². The first-order chi connectivity index (χ1) is 34.1. The monoisotopic (exact) mass is 1000 g/mol. The number of carbonyl (C=O) groups excluding carboxylic acids is 1. The zero-order valence-electron chi connectivity index (χ0n) is 44.3. The molecule has 0 bridgehead atoms. The third-order valence-corrected chi connectivity index (χ3v) is 14.0. The molecule has 2 heterocycles. The van der Waals surface area contributed by atoms with Gasteiger partial charge in [0.25, 0.3) is 0 Å². The summed E-state index contributed by atoms with van der Waals surface area (Å²) in [6.45, 7) is 3.71. The molecule has 2 aliphatic rings. The number of hydrogen-bond donors (Lipinski definition) is 7. The minimum Gasteiger partial charge on any atom is -0.457 e. The van der Waals surface area contributed by atoms with Gasteiger partial charge >= 0.3 is 5.97 Å². The second kappa shape index (κ2) is 44.1. The minimum absolute atomic E-state index is 0.0677. The van der Waals surface area contributed by atoms with Crippen molar-refractivity contribution in [2.45, 2.75) is 306 Å². The SMILES string of the molecule is CCCCCCCCCC/C=C\CCCCCCCCCCCCCCCCOCC(COC1OC(COC2OC(CO)C(O)C(O)C2O)C(O)C(O)C1O)OC(=O)CCCCCCCCCCCC. The Morgan fingerprint density at radius 2 is 0.843 bits per heavy atom. The number of esters is 1. The van der Waals surface area contributed by atoms with Crippen molar-refractivity contribution in [2.75, 3.05) is 33.0 Å². The van der Waals surface area contributed by atoms with E-state index in [1.165, 1.54) is 173 Å². The molecule has 414 valence electrons. The topological polar surface area (TPSA) is 214 Å². The van der Waals surface area contributed by atoms with Gasteiger partial charge in [-0.3, -0.25) is 4.79 Å². The fourth-order valence-corrected chi connectivity index (χ4v) is 9.34. The summed E-state index contributed by atoms with van der Waals surface area (Å²) >= 11 is 0. The third-order valence-electron chi connectivity index (χ3n) is 14.0. The van der Waals surface area contributed by atoms with Crippen LogP contribution in [0, 0.1) is 0 Å². The van der Waals surface area contributed by atoms with E-state index >= 15 is 0 Å². The van der Waals surface area contributed by atoms with Crippen LogP contribution in [-0.4, -0.2) is 142 Å². The van der Waals surface area contributed by atoms with Crippen LogP contribution < -0.4 is 0 Å². The average molecular weight is 1000 g/mol. The van der Waals surface area contributed by atoms with Gasteiger partial charge in [0.2, 0.25) is 0 Å². The van der Waals surface area contributed by atoms with Crippen molar-refractivity contribution >= 4 is 5.97 Å². The predicted octanol–water partition coefficient (Wildman–Crippen LogP) is 9.81. The largest absolute Gasteiger partial charge is 0.457 e. The van der Waals surface area contributed by atoms with Gasteiger partial charge < -0.3 is 64.2 Å². The Labute approximate surface area is 425 Å². The molecular formula is C56H106O14. The summed E-state index contributed by atoms with van der Waals surface area (Å²) in [6.07, 6.45) is 31.6. The molecule has 2 rings (SSSR count). The molecule has 7 N–H and O–H groups in total. The minimum atomic E-state index is -1.70. The van der Waals surface area contributed by atoms with E-state index in [2.05, 4.69) is 26.0 Å². The second-order valence-electron chi connectivity index (χ2n) is 20.5. The lowest BCUT2D eigenvalue weighted by Gasteiger charge is -2.42. The van der Waals surface area contributed by atoms with Gasteiger partial charge in [-0.1, -0.05) is 206 Å². The standard InChI is InChI=1S/C56H106O14/c1-3-5-7-9-11-13-15-16-17-18-19-20-21-22-23-24-25-26-27-28-29-30-32-34-36-38-40-65-42-45(68-48(58)39-37-35-33-31-14-12-10-8-6-4-2)43-66-55-54(64)52(62)50(60)47(70-55)44-67-56-53(63)51(61)49(59)46(41-57)69-56/h18-19,45-47,49-57,59-64H,3-17,20-44H2,1-2H3/b19-18-. The number of rotatable bonds is 47. The fourth-order valence-electron chi connectivity index (χ4n) is 9.34. The van der Waals surface area contributed by atoms with E-state index < -0.39 is 80.7 Å². The van der Waals surface area contributed by atoms with E-state index in [4.69, 9.17) is 28.4 Å². The average Bonchev–Trinajstić information content (AvgIpc) is 3.36. The predicted molar refractivity (Wildman–Crippen MR) is 275 cm³/mol. The molecule has 2 saturated heterocycles. The Bertz CT molecular complexity index is 1210. The molecule has 70 heavy (non-hydrogen) atoms. The Morgan fingerprint density at radius 1 is 0.457 bits per heavy atom. The van der Waals surface area contributed by atoms with Crippen LogP contribution >= 0.6 is 0 Å². The van der Waals surface area contributed by atoms with Crippen molar-refractivity contribution in [1.82, 2.24) is 0 Å². The van der Waals surface area contributed by atoms with Gasteiger partial charge in [-0.15, -0.1) is 0 Å². The van der Waals surface area contributed by atoms with Crippen LogP contribution in [0.5, 0.6) is 0 Å². The van der Waals surface area contributed by atoms with E-state index in [1.807, 2.05) is 0 Å². The number of allylic oxidation sites excluding steroid dienone is 2. The molecule has 0 saturated carbocycles. The van der Waals surface area contributed by atoms with Gasteiger partial charge in [0, 0.05) is 13.0 Å². The van der Waals surface area contributed by atoms with Crippen molar-refractivity contribution in [2.24, 2.45) is 0 Å². The van der Waals surface area contributed by atoms with Crippen LogP contribution in [0.25, 0.3) is 0 Å². The number of ether oxygens (including phenoxy) is 6. The fraction of sp³-hybridized carbons (Fsp3) is 0.946. The summed E-state index contributed by atoms with van der Waals surface area (Å²) < 4.78 is 34.3. The summed E-state index contributed by atoms with van der Waals surface area (Å²) in [7, 11) is 0. The second-order valence-corrected chi connectivity index (χ2v) is 20.5. The lowest BCUT2D eigenvalue weighted by atomic mass is 9.98. The summed E-state index contributed by atoms with van der Waals surface area (Å²) in [5.41, 5.74) is 0. The van der Waals surface area contributed by atoms with Crippen molar-refractivity contribution in [3.05, 3.63) is 12.2 Å². The first kappa shape index (κ1) is 64.8. The third kappa shape index (κ3) is 30.8.